The molecule has 4 nitrogen and oxygen atoms in total. The first-order valence-electron chi connectivity index (χ1n) is 2.05. The first kappa shape index (κ1) is 7.85. The van der Waals surface area contributed by atoms with Gasteiger partial charge in [0.2, 0.25) is 0 Å². The molecule has 0 unspecified atom stereocenters. The van der Waals surface area contributed by atoms with E-state index < -0.39 is 8.53 Å². The van der Waals surface area contributed by atoms with Gasteiger partial charge >= 0.3 is 0 Å². The molecule has 48 valence electrons. The van der Waals surface area contributed by atoms with Crippen LogP contribution in [0.1, 0.15) is 0 Å². The minimum atomic E-state index is -1.97. The van der Waals surface area contributed by atoms with Crippen LogP contribution in [-0.4, -0.2) is 16.3 Å². The molecule has 0 aromatic heterocycles. The van der Waals surface area contributed by atoms with Gasteiger partial charge < -0.3 is 15.5 Å². The lowest BCUT2D eigenvalue weighted by Crippen LogP contribution is -2.05. The maximum Gasteiger partial charge on any atom is 0.250 e. The van der Waals surface area contributed by atoms with Crippen molar-refractivity contribution in [3.8, 4) is 0 Å². The van der Waals surface area contributed by atoms with Crippen LogP contribution in [0.2, 0.25) is 0 Å². The van der Waals surface area contributed by atoms with Crippen LogP contribution in [0.25, 0.3) is 0 Å². The van der Waals surface area contributed by atoms with Gasteiger partial charge in [-0.05, 0) is 6.20 Å². The van der Waals surface area contributed by atoms with Gasteiger partial charge in [0, 0.05) is 6.54 Å². The number of rotatable bonds is 3. The molecule has 0 atom stereocenters. The van der Waals surface area contributed by atoms with E-state index in [2.05, 4.69) is 5.09 Å². The van der Waals surface area contributed by atoms with Crippen LogP contribution in [0.5, 0.6) is 0 Å². The highest BCUT2D eigenvalue weighted by molar-refractivity contribution is 7.42. The van der Waals surface area contributed by atoms with Crippen molar-refractivity contribution >= 4 is 8.53 Å². The summed E-state index contributed by atoms with van der Waals surface area (Å²) in [6.45, 7) is 0.398. The number of nitrogens with two attached hydrogens (primary N) is 1. The Hall–Kier alpha value is -0.150. The summed E-state index contributed by atoms with van der Waals surface area (Å²) in [7, 11) is -1.97. The summed E-state index contributed by atoms with van der Waals surface area (Å²) in [5.41, 5.74) is 4.94. The van der Waals surface area contributed by atoms with Crippen LogP contribution < -0.4 is 10.8 Å². The summed E-state index contributed by atoms with van der Waals surface area (Å²) in [6.07, 6.45) is 2.92. The Balaban J connectivity index is 2.93. The number of nitrogens with one attached hydrogen (secondary N) is 1. The Morgan fingerprint density at radius 2 is 2.25 bits per heavy atom. The normalized spacial score (nSPS) is 11.4. The van der Waals surface area contributed by atoms with E-state index in [-0.39, 0.29) is 0 Å². The van der Waals surface area contributed by atoms with Crippen LogP contribution in [0.4, 0.5) is 0 Å². The lowest BCUT2D eigenvalue weighted by molar-refractivity contribution is 0.469. The van der Waals surface area contributed by atoms with Gasteiger partial charge in [-0.1, -0.05) is 6.08 Å². The topological polar surface area (TPSA) is 78.5 Å². The quantitative estimate of drug-likeness (QED) is 0.385. The predicted molar refractivity (Wildman–Crippen MR) is 32.7 cm³/mol. The average Bonchev–Trinajstić information content (AvgIpc) is 1.66. The van der Waals surface area contributed by atoms with Crippen LogP contribution in [0, 0.1) is 0 Å². The molecular weight excluding hydrogens is 127 g/mol. The first-order valence-corrected chi connectivity index (χ1v) is 3.30. The third-order valence-corrected chi connectivity index (χ3v) is 0.952. The fraction of sp³-hybridized carbons (Fsp3) is 0.333. The van der Waals surface area contributed by atoms with Gasteiger partial charge in [0.1, 0.15) is 0 Å². The molecule has 0 saturated heterocycles. The zero-order chi connectivity index (χ0) is 6.41. The molecule has 0 spiro atoms. The Morgan fingerprint density at radius 1 is 1.62 bits per heavy atom. The first-order chi connectivity index (χ1) is 3.77. The molecule has 0 amide bonds. The molecule has 0 aliphatic carbocycles. The lowest BCUT2D eigenvalue weighted by Gasteiger charge is -1.98. The Kier molecular flexibility index (Phi) is 4.90. The smallest absolute Gasteiger partial charge is 0.250 e. The Morgan fingerprint density at radius 3 is 2.62 bits per heavy atom. The second kappa shape index (κ2) is 5.00. The van der Waals surface area contributed by atoms with E-state index in [1.54, 1.807) is 6.08 Å². The predicted octanol–water partition coefficient (Wildman–Crippen LogP) is -0.740. The molecule has 5 heteroatoms. The second-order valence-electron chi connectivity index (χ2n) is 1.08. The van der Waals surface area contributed by atoms with E-state index in [4.69, 9.17) is 15.5 Å². The molecule has 5 N–H and O–H groups in total. The van der Waals surface area contributed by atoms with Crippen molar-refractivity contribution in [3.63, 3.8) is 0 Å². The summed E-state index contributed by atoms with van der Waals surface area (Å²) in [5.74, 6) is 0. The maximum absolute atomic E-state index is 8.21. The van der Waals surface area contributed by atoms with Crippen LogP contribution >= 0.6 is 8.53 Å². The standard InChI is InChI=1S/C3H9N2O2P/c4-2-1-3-5-8(6)7/h1-2,5-7H,3-4H2. The number of hydrogen-bond donors (Lipinski definition) is 4. The van der Waals surface area contributed by atoms with Crippen LogP contribution in [0.15, 0.2) is 12.3 Å². The molecule has 0 radical (unpaired) electrons. The molecule has 0 aromatic rings. The molecule has 0 aliphatic rings. The SMILES string of the molecule is NC=CCNP(O)O. The molecule has 0 saturated carbocycles. The van der Waals surface area contributed by atoms with E-state index in [1.807, 2.05) is 0 Å². The molecule has 0 heterocycles. The highest BCUT2D eigenvalue weighted by Crippen LogP contribution is 2.13. The summed E-state index contributed by atoms with van der Waals surface area (Å²) >= 11 is 0. The molecule has 0 rings (SSSR count). The van der Waals surface area contributed by atoms with Gasteiger partial charge in [-0.2, -0.15) is 0 Å². The highest BCUT2D eigenvalue weighted by atomic mass is 31.2. The monoisotopic (exact) mass is 136 g/mol. The third-order valence-electron chi connectivity index (χ3n) is 0.487. The summed E-state index contributed by atoms with van der Waals surface area (Å²) in [5, 5.41) is 2.36. The van der Waals surface area contributed by atoms with E-state index in [0.717, 1.165) is 0 Å². The fourth-order valence-corrected chi connectivity index (χ4v) is 0.471. The minimum absolute atomic E-state index is 0.398. The van der Waals surface area contributed by atoms with Crippen molar-refractivity contribution in [2.75, 3.05) is 6.54 Å². The lowest BCUT2D eigenvalue weighted by atomic mass is 10.6. The van der Waals surface area contributed by atoms with E-state index in [9.17, 15) is 0 Å². The van der Waals surface area contributed by atoms with Crippen molar-refractivity contribution in [1.29, 1.82) is 0 Å². The molecular formula is C3H9N2O2P. The van der Waals surface area contributed by atoms with Gasteiger partial charge in [0.15, 0.2) is 0 Å². The van der Waals surface area contributed by atoms with Gasteiger partial charge in [-0.15, -0.1) is 0 Å². The fourth-order valence-electron chi connectivity index (χ4n) is 0.202. The van der Waals surface area contributed by atoms with Crippen LogP contribution in [0.3, 0.4) is 0 Å². The van der Waals surface area contributed by atoms with Gasteiger partial charge in [0.25, 0.3) is 8.53 Å². The zero-order valence-electron chi connectivity index (χ0n) is 4.28. The summed E-state index contributed by atoms with van der Waals surface area (Å²) in [4.78, 5) is 16.4. The Bertz CT molecular complexity index is 75.7. The van der Waals surface area contributed by atoms with Crippen molar-refractivity contribution < 1.29 is 9.79 Å². The van der Waals surface area contributed by atoms with Crippen molar-refractivity contribution in [1.82, 2.24) is 5.09 Å². The van der Waals surface area contributed by atoms with E-state index >= 15 is 0 Å². The Labute approximate surface area is 49.0 Å². The average molecular weight is 136 g/mol. The van der Waals surface area contributed by atoms with Crippen molar-refractivity contribution in [2.24, 2.45) is 5.73 Å². The van der Waals surface area contributed by atoms with E-state index in [1.165, 1.54) is 6.20 Å². The molecule has 0 bridgehead atoms. The molecule has 0 aliphatic heterocycles. The van der Waals surface area contributed by atoms with Crippen LogP contribution in [-0.2, 0) is 0 Å². The zero-order valence-corrected chi connectivity index (χ0v) is 5.18. The highest BCUT2D eigenvalue weighted by Gasteiger charge is 1.90. The minimum Gasteiger partial charge on any atom is -0.405 e. The number of hydrogen-bond acceptors (Lipinski definition) is 4. The maximum atomic E-state index is 8.21. The van der Waals surface area contributed by atoms with Gasteiger partial charge in [0.05, 0.1) is 0 Å². The molecule has 0 aromatic carbocycles. The third kappa shape index (κ3) is 5.85. The van der Waals surface area contributed by atoms with Crippen molar-refractivity contribution in [2.45, 2.75) is 0 Å². The van der Waals surface area contributed by atoms with E-state index in [0.29, 0.717) is 6.54 Å². The largest absolute Gasteiger partial charge is 0.405 e. The summed E-state index contributed by atoms with van der Waals surface area (Å²) in [6, 6.07) is 0. The van der Waals surface area contributed by atoms with Gasteiger partial charge in [-0.25, -0.2) is 5.09 Å². The molecule has 0 fully saturated rings. The van der Waals surface area contributed by atoms with Crippen molar-refractivity contribution in [3.05, 3.63) is 12.3 Å². The summed E-state index contributed by atoms with van der Waals surface area (Å²) < 4.78 is 0. The second-order valence-corrected chi connectivity index (χ2v) is 1.97. The molecule has 8 heavy (non-hydrogen) atoms. The van der Waals surface area contributed by atoms with Gasteiger partial charge in [-0.3, -0.25) is 0 Å².